The number of carbonyl (C=O) groups is 1. The fourth-order valence-electron chi connectivity index (χ4n) is 3.28. The summed E-state index contributed by atoms with van der Waals surface area (Å²) in [6.45, 7) is 3.13. The van der Waals surface area contributed by atoms with Crippen LogP contribution < -0.4 is 4.74 Å². The molecule has 1 atom stereocenters. The van der Waals surface area contributed by atoms with Crippen LogP contribution in [-0.4, -0.2) is 40.3 Å². The monoisotopic (exact) mass is 313 g/mol. The molecule has 0 radical (unpaired) electrons. The number of benzene rings is 1. The van der Waals surface area contributed by atoms with E-state index in [0.717, 1.165) is 42.7 Å². The molecule has 1 aromatic heterocycles. The molecule has 0 aliphatic carbocycles. The maximum absolute atomic E-state index is 12.6. The first-order valence-electron chi connectivity index (χ1n) is 8.08. The summed E-state index contributed by atoms with van der Waals surface area (Å²) < 4.78 is 7.15. The standard InChI is InChI=1S/C18H23N3O2/c1-14-11-19-20(12-14)13-18(22)21-9-5-7-16(21)10-15-6-3-4-8-17(15)23-2/h3-4,6,8,11-12,16H,5,7,9-10,13H2,1-2H3/t16-/m1/s1. The lowest BCUT2D eigenvalue weighted by Crippen LogP contribution is -2.39. The van der Waals surface area contributed by atoms with Gasteiger partial charge in [0.15, 0.2) is 0 Å². The highest BCUT2D eigenvalue weighted by Gasteiger charge is 2.29. The van der Waals surface area contributed by atoms with Crippen molar-refractivity contribution in [2.75, 3.05) is 13.7 Å². The molecule has 1 amide bonds. The highest BCUT2D eigenvalue weighted by molar-refractivity contribution is 5.76. The van der Waals surface area contributed by atoms with E-state index in [4.69, 9.17) is 4.74 Å². The number of para-hydroxylation sites is 1. The molecule has 0 unspecified atom stereocenters. The Bertz CT molecular complexity index is 680. The number of likely N-dealkylation sites (tertiary alicyclic amines) is 1. The van der Waals surface area contributed by atoms with Crippen molar-refractivity contribution < 1.29 is 9.53 Å². The third-order valence-corrected chi connectivity index (χ3v) is 4.41. The van der Waals surface area contributed by atoms with Crippen molar-refractivity contribution in [1.29, 1.82) is 0 Å². The summed E-state index contributed by atoms with van der Waals surface area (Å²) in [6, 6.07) is 8.29. The van der Waals surface area contributed by atoms with Crippen LogP contribution in [-0.2, 0) is 17.8 Å². The zero-order valence-electron chi connectivity index (χ0n) is 13.7. The SMILES string of the molecule is COc1ccccc1C[C@H]1CCCN1C(=O)Cn1cc(C)cn1. The zero-order valence-corrected chi connectivity index (χ0v) is 13.7. The maximum Gasteiger partial charge on any atom is 0.244 e. The number of aromatic nitrogens is 2. The highest BCUT2D eigenvalue weighted by Crippen LogP contribution is 2.26. The largest absolute Gasteiger partial charge is 0.496 e. The molecule has 5 heteroatoms. The molecule has 0 spiro atoms. The molecule has 0 saturated carbocycles. The van der Waals surface area contributed by atoms with E-state index in [-0.39, 0.29) is 11.9 Å². The van der Waals surface area contributed by atoms with Gasteiger partial charge in [0.25, 0.3) is 0 Å². The summed E-state index contributed by atoms with van der Waals surface area (Å²) in [5.41, 5.74) is 2.24. The van der Waals surface area contributed by atoms with E-state index in [0.29, 0.717) is 6.54 Å². The van der Waals surface area contributed by atoms with Gasteiger partial charge in [-0.15, -0.1) is 0 Å². The Morgan fingerprint density at radius 2 is 2.22 bits per heavy atom. The molecular weight excluding hydrogens is 290 g/mol. The molecule has 1 aromatic carbocycles. The lowest BCUT2D eigenvalue weighted by molar-refractivity contribution is -0.132. The van der Waals surface area contributed by atoms with Crippen LogP contribution in [0.3, 0.4) is 0 Å². The van der Waals surface area contributed by atoms with Crippen LogP contribution in [0.25, 0.3) is 0 Å². The lowest BCUT2D eigenvalue weighted by Gasteiger charge is -2.25. The quantitative estimate of drug-likeness (QED) is 0.852. The number of ether oxygens (including phenoxy) is 1. The number of hydrogen-bond donors (Lipinski definition) is 0. The number of amides is 1. The minimum absolute atomic E-state index is 0.144. The Hall–Kier alpha value is -2.30. The molecule has 23 heavy (non-hydrogen) atoms. The molecule has 1 fully saturated rings. The van der Waals surface area contributed by atoms with E-state index in [1.165, 1.54) is 0 Å². The van der Waals surface area contributed by atoms with Gasteiger partial charge < -0.3 is 9.64 Å². The summed E-state index contributed by atoms with van der Waals surface area (Å²) in [7, 11) is 1.69. The summed E-state index contributed by atoms with van der Waals surface area (Å²) in [5.74, 6) is 1.04. The van der Waals surface area contributed by atoms with Crippen molar-refractivity contribution in [2.24, 2.45) is 0 Å². The Labute approximate surface area is 136 Å². The zero-order chi connectivity index (χ0) is 16.2. The van der Waals surface area contributed by atoms with Crippen LogP contribution in [0.2, 0.25) is 0 Å². The second-order valence-corrected chi connectivity index (χ2v) is 6.11. The number of nitrogens with zero attached hydrogens (tertiary/aromatic N) is 3. The Kier molecular flexibility index (Phi) is 4.65. The molecule has 122 valence electrons. The highest BCUT2D eigenvalue weighted by atomic mass is 16.5. The van der Waals surface area contributed by atoms with Gasteiger partial charge in [-0.2, -0.15) is 5.10 Å². The minimum Gasteiger partial charge on any atom is -0.496 e. The van der Waals surface area contributed by atoms with Gasteiger partial charge in [0.1, 0.15) is 12.3 Å². The van der Waals surface area contributed by atoms with Crippen molar-refractivity contribution >= 4 is 5.91 Å². The molecule has 3 rings (SSSR count). The van der Waals surface area contributed by atoms with E-state index in [1.54, 1.807) is 18.0 Å². The molecule has 2 heterocycles. The summed E-state index contributed by atoms with van der Waals surface area (Å²) in [6.07, 6.45) is 6.63. The van der Waals surface area contributed by atoms with E-state index >= 15 is 0 Å². The van der Waals surface area contributed by atoms with Crippen molar-refractivity contribution in [2.45, 2.75) is 38.8 Å². The van der Waals surface area contributed by atoms with Gasteiger partial charge in [-0.1, -0.05) is 18.2 Å². The fraction of sp³-hybridized carbons (Fsp3) is 0.444. The summed E-state index contributed by atoms with van der Waals surface area (Å²) in [5, 5.41) is 4.21. The Morgan fingerprint density at radius 3 is 2.96 bits per heavy atom. The fourth-order valence-corrected chi connectivity index (χ4v) is 3.28. The van der Waals surface area contributed by atoms with E-state index < -0.39 is 0 Å². The first kappa shape index (κ1) is 15.6. The summed E-state index contributed by atoms with van der Waals surface area (Å²) in [4.78, 5) is 14.6. The van der Waals surface area contributed by atoms with E-state index in [2.05, 4.69) is 11.2 Å². The molecule has 1 aliphatic heterocycles. The van der Waals surface area contributed by atoms with Crippen molar-refractivity contribution in [3.63, 3.8) is 0 Å². The van der Waals surface area contributed by atoms with Crippen LogP contribution in [0.15, 0.2) is 36.7 Å². The second kappa shape index (κ2) is 6.86. The van der Waals surface area contributed by atoms with Gasteiger partial charge in [-0.25, -0.2) is 0 Å². The second-order valence-electron chi connectivity index (χ2n) is 6.11. The molecule has 2 aromatic rings. The Balaban J connectivity index is 1.68. The third kappa shape index (κ3) is 3.55. The predicted molar refractivity (Wildman–Crippen MR) is 88.4 cm³/mol. The number of hydrogen-bond acceptors (Lipinski definition) is 3. The molecule has 1 saturated heterocycles. The number of aryl methyl sites for hydroxylation is 1. The van der Waals surface area contributed by atoms with Crippen LogP contribution in [0.5, 0.6) is 5.75 Å². The average molecular weight is 313 g/mol. The van der Waals surface area contributed by atoms with Gasteiger partial charge in [0.2, 0.25) is 5.91 Å². The third-order valence-electron chi connectivity index (χ3n) is 4.41. The van der Waals surface area contributed by atoms with Crippen LogP contribution in [0, 0.1) is 6.92 Å². The number of methoxy groups -OCH3 is 1. The average Bonchev–Trinajstić information content (AvgIpc) is 3.17. The lowest BCUT2D eigenvalue weighted by atomic mass is 10.0. The topological polar surface area (TPSA) is 47.4 Å². The van der Waals surface area contributed by atoms with E-state index in [1.807, 2.05) is 36.2 Å². The van der Waals surface area contributed by atoms with Crippen molar-refractivity contribution in [3.05, 3.63) is 47.8 Å². The van der Waals surface area contributed by atoms with Crippen LogP contribution >= 0.6 is 0 Å². The first-order valence-corrected chi connectivity index (χ1v) is 8.08. The van der Waals surface area contributed by atoms with Gasteiger partial charge in [-0.3, -0.25) is 9.48 Å². The first-order chi connectivity index (χ1) is 11.2. The number of rotatable bonds is 5. The van der Waals surface area contributed by atoms with Gasteiger partial charge in [-0.05, 0) is 43.4 Å². The number of carbonyl (C=O) groups excluding carboxylic acids is 1. The predicted octanol–water partition coefficient (Wildman–Crippen LogP) is 2.43. The summed E-state index contributed by atoms with van der Waals surface area (Å²) >= 11 is 0. The molecule has 0 N–H and O–H groups in total. The maximum atomic E-state index is 12.6. The normalized spacial score (nSPS) is 17.5. The molecule has 5 nitrogen and oxygen atoms in total. The minimum atomic E-state index is 0.144. The van der Waals surface area contributed by atoms with Crippen LogP contribution in [0.4, 0.5) is 0 Å². The smallest absolute Gasteiger partial charge is 0.244 e. The van der Waals surface area contributed by atoms with E-state index in [9.17, 15) is 4.79 Å². The van der Waals surface area contributed by atoms with Crippen molar-refractivity contribution in [1.82, 2.24) is 14.7 Å². The molecule has 1 aliphatic rings. The molecule has 0 bridgehead atoms. The molecular formula is C18H23N3O2. The van der Waals surface area contributed by atoms with Gasteiger partial charge in [0, 0.05) is 18.8 Å². The Morgan fingerprint density at radius 1 is 1.39 bits per heavy atom. The van der Waals surface area contributed by atoms with Crippen molar-refractivity contribution in [3.8, 4) is 5.75 Å². The van der Waals surface area contributed by atoms with Gasteiger partial charge >= 0.3 is 0 Å². The van der Waals surface area contributed by atoms with Gasteiger partial charge in [0.05, 0.1) is 13.3 Å². The van der Waals surface area contributed by atoms with Crippen LogP contribution in [0.1, 0.15) is 24.0 Å².